The van der Waals surface area contributed by atoms with Crippen LogP contribution in [0.1, 0.15) is 20.1 Å². The van der Waals surface area contributed by atoms with Crippen molar-refractivity contribution in [1.82, 2.24) is 9.55 Å². The van der Waals surface area contributed by atoms with Gasteiger partial charge in [0.1, 0.15) is 5.82 Å². The van der Waals surface area contributed by atoms with E-state index in [4.69, 9.17) is 19.9 Å². The van der Waals surface area contributed by atoms with Crippen LogP contribution in [-0.2, 0) is 23.7 Å². The Balaban J connectivity index is 1.90. The van der Waals surface area contributed by atoms with Crippen molar-refractivity contribution in [3.8, 4) is 0 Å². The maximum atomic E-state index is 12.0. The molecule has 0 aliphatic carbocycles. The minimum atomic E-state index is -0.818. The van der Waals surface area contributed by atoms with Gasteiger partial charge in [-0.25, -0.2) is 0 Å². The van der Waals surface area contributed by atoms with E-state index in [1.54, 1.807) is 13.8 Å². The SMILES string of the molecule is CC(C)C(N=CB=O)C(=O)OC[C@H]1OC[C@@H](n2ccc(N)nc2=O)O1. The van der Waals surface area contributed by atoms with E-state index in [-0.39, 0.29) is 24.9 Å². The fourth-order valence-corrected chi connectivity index (χ4v) is 2.19. The van der Waals surface area contributed by atoms with E-state index in [1.165, 1.54) is 16.8 Å². The summed E-state index contributed by atoms with van der Waals surface area (Å²) in [6, 6.07) is 0.683. The second-order valence-electron chi connectivity index (χ2n) is 5.65. The van der Waals surface area contributed by atoms with Gasteiger partial charge in [-0.15, -0.1) is 0 Å². The Bertz CT molecular complexity index is 707. The summed E-state index contributed by atoms with van der Waals surface area (Å²) < 4.78 is 27.6. The molecule has 1 aromatic rings. The van der Waals surface area contributed by atoms with Gasteiger partial charge >= 0.3 is 132 Å². The van der Waals surface area contributed by atoms with Crippen LogP contribution < -0.4 is 11.4 Å². The number of aliphatic imine (C=N–C) groups is 1. The Morgan fingerprint density at radius 1 is 1.64 bits per heavy atom. The number of ether oxygens (including phenoxy) is 3. The van der Waals surface area contributed by atoms with Gasteiger partial charge < -0.3 is 5.73 Å². The van der Waals surface area contributed by atoms with Gasteiger partial charge in [0, 0.05) is 0 Å². The Labute approximate surface area is 144 Å². The van der Waals surface area contributed by atoms with Crippen molar-refractivity contribution in [3.63, 3.8) is 0 Å². The summed E-state index contributed by atoms with van der Waals surface area (Å²) in [5.74, 6) is -0.613. The van der Waals surface area contributed by atoms with Gasteiger partial charge in [-0.05, 0) is 0 Å². The van der Waals surface area contributed by atoms with Gasteiger partial charge in [0.25, 0.3) is 0 Å². The first-order valence-electron chi connectivity index (χ1n) is 7.67. The van der Waals surface area contributed by atoms with Crippen molar-refractivity contribution in [3.05, 3.63) is 22.7 Å². The average Bonchev–Trinajstić information content (AvgIpc) is 3.01. The van der Waals surface area contributed by atoms with Crippen LogP contribution in [0.4, 0.5) is 5.82 Å². The normalized spacial score (nSPS) is 21.4. The van der Waals surface area contributed by atoms with Gasteiger partial charge in [-0.2, -0.15) is 0 Å². The number of nitrogen functional groups attached to an aromatic ring is 1. The first-order valence-corrected chi connectivity index (χ1v) is 7.67. The summed E-state index contributed by atoms with van der Waals surface area (Å²) in [5.41, 5.74) is 4.87. The Morgan fingerprint density at radius 2 is 2.40 bits per heavy atom. The van der Waals surface area contributed by atoms with Crippen molar-refractivity contribution < 1.29 is 23.7 Å². The molecule has 10 nitrogen and oxygen atoms in total. The second-order valence-corrected chi connectivity index (χ2v) is 5.65. The molecule has 3 atom stereocenters. The van der Waals surface area contributed by atoms with E-state index < -0.39 is 30.2 Å². The molecule has 1 aliphatic rings. The third-order valence-electron chi connectivity index (χ3n) is 3.44. The number of hydrogen-bond acceptors (Lipinski definition) is 9. The molecule has 0 amide bonds. The Kier molecular flexibility index (Phi) is 6.54. The van der Waals surface area contributed by atoms with Gasteiger partial charge in [0.05, 0.1) is 0 Å². The van der Waals surface area contributed by atoms with E-state index in [1.807, 2.05) is 0 Å². The zero-order valence-corrected chi connectivity index (χ0v) is 13.9. The van der Waals surface area contributed by atoms with Crippen LogP contribution in [0.5, 0.6) is 0 Å². The molecule has 0 bridgehead atoms. The molecule has 25 heavy (non-hydrogen) atoms. The number of hydrogen-bond donors (Lipinski definition) is 1. The zero-order valence-electron chi connectivity index (χ0n) is 13.9. The van der Waals surface area contributed by atoms with Gasteiger partial charge in [0.2, 0.25) is 0 Å². The third-order valence-corrected chi connectivity index (χ3v) is 3.44. The molecule has 134 valence electrons. The van der Waals surface area contributed by atoms with Gasteiger partial charge in [-0.1, -0.05) is 0 Å². The Morgan fingerprint density at radius 3 is 3.04 bits per heavy atom. The van der Waals surface area contributed by atoms with Crippen molar-refractivity contribution >= 4 is 25.1 Å². The molecule has 1 fully saturated rings. The number of aromatic nitrogens is 2. The molecule has 2 N–H and O–H groups in total. The summed E-state index contributed by atoms with van der Waals surface area (Å²) >= 11 is 0. The number of nitrogens with two attached hydrogens (primary N) is 1. The van der Waals surface area contributed by atoms with Crippen molar-refractivity contribution in [2.45, 2.75) is 32.4 Å². The Hall–Kier alpha value is -2.40. The number of esters is 1. The summed E-state index contributed by atoms with van der Waals surface area (Å²) in [6.07, 6.45) is 0.973. The minimum absolute atomic E-state index is 0.102. The summed E-state index contributed by atoms with van der Waals surface area (Å²) in [4.78, 5) is 31.3. The number of carbonyl (C=O) groups excluding carboxylic acids is 1. The fraction of sp³-hybridized carbons (Fsp3) is 0.571. The van der Waals surface area contributed by atoms with E-state index in [9.17, 15) is 14.3 Å². The number of carbonyl (C=O) groups is 1. The molecule has 0 spiro atoms. The molecule has 1 aromatic heterocycles. The standard InChI is InChI=1S/C14H19BN4O6/c1-8(2)12(17-7-15-22)13(20)24-6-11-23-5-10(25-11)19-4-3-9(16)18-14(19)21/h3-4,7-8,10-12H,5-6H2,1-2H3,(H2,16,18,21)/t10-,11-,12?/m0/s1. The fourth-order valence-electron chi connectivity index (χ4n) is 2.19. The molecule has 11 heteroatoms. The molecule has 1 unspecified atom stereocenters. The van der Waals surface area contributed by atoms with E-state index in [2.05, 4.69) is 9.98 Å². The van der Waals surface area contributed by atoms with Crippen molar-refractivity contribution in [2.75, 3.05) is 18.9 Å². The van der Waals surface area contributed by atoms with Gasteiger partial charge in [-0.3, -0.25) is 0 Å². The second kappa shape index (κ2) is 8.63. The van der Waals surface area contributed by atoms with Crippen LogP contribution in [-0.4, -0.2) is 54.3 Å². The predicted molar refractivity (Wildman–Crippen MR) is 87.3 cm³/mol. The third kappa shape index (κ3) is 5.04. The van der Waals surface area contributed by atoms with Crippen molar-refractivity contribution in [1.29, 1.82) is 0 Å². The molecular weight excluding hydrogens is 331 g/mol. The summed E-state index contributed by atoms with van der Waals surface area (Å²) in [7, 11) is 0.495. The first-order chi connectivity index (χ1) is 11.9. The number of nitrogens with zero attached hydrogens (tertiary/aromatic N) is 3. The molecule has 2 heterocycles. The van der Waals surface area contributed by atoms with Crippen LogP contribution in [0, 0.1) is 5.92 Å². The summed E-state index contributed by atoms with van der Waals surface area (Å²) in [5, 5.41) is 0. The molecule has 0 radical (unpaired) electrons. The van der Waals surface area contributed by atoms with Crippen LogP contribution in [0.25, 0.3) is 0 Å². The van der Waals surface area contributed by atoms with E-state index in [0.717, 1.165) is 6.11 Å². The van der Waals surface area contributed by atoms with Gasteiger partial charge in [0.15, 0.2) is 0 Å². The number of rotatable bonds is 7. The monoisotopic (exact) mass is 350 g/mol. The maximum absolute atomic E-state index is 12.0. The van der Waals surface area contributed by atoms with Crippen molar-refractivity contribution in [2.24, 2.45) is 10.9 Å². The van der Waals surface area contributed by atoms with Crippen LogP contribution in [0.2, 0.25) is 0 Å². The summed E-state index contributed by atoms with van der Waals surface area (Å²) in [6.45, 7) is 3.51. The predicted octanol–water partition coefficient (Wildman–Crippen LogP) is -0.657. The van der Waals surface area contributed by atoms with E-state index in [0.29, 0.717) is 7.15 Å². The molecule has 1 aliphatic heterocycles. The molecule has 0 aromatic carbocycles. The molecule has 1 saturated heterocycles. The topological polar surface area (TPSA) is 135 Å². The zero-order chi connectivity index (χ0) is 18.4. The average molecular weight is 350 g/mol. The van der Waals surface area contributed by atoms with Crippen LogP contribution >= 0.6 is 0 Å². The van der Waals surface area contributed by atoms with Crippen LogP contribution in [0.15, 0.2) is 22.1 Å². The molecule has 0 saturated carbocycles. The van der Waals surface area contributed by atoms with E-state index >= 15 is 0 Å². The van der Waals surface area contributed by atoms with Crippen LogP contribution in [0.3, 0.4) is 0 Å². The first kappa shape index (κ1) is 18.9. The molecule has 2 rings (SSSR count). The number of anilines is 1. The molecular formula is C14H19BN4O6. The quantitative estimate of drug-likeness (QED) is 0.389.